The average Bonchev–Trinajstić information content (AvgIpc) is 2.60. The molecule has 0 aliphatic carbocycles. The zero-order valence-electron chi connectivity index (χ0n) is 16.1. The Morgan fingerprint density at radius 1 is 0.889 bits per heavy atom. The topological polar surface area (TPSA) is 110 Å². The van der Waals surface area contributed by atoms with Gasteiger partial charge in [0.1, 0.15) is 0 Å². The normalized spacial score (nSPS) is 11.8. The summed E-state index contributed by atoms with van der Waals surface area (Å²) < 4.78 is 0. The Hall–Kier alpha value is -1.86. The Labute approximate surface area is 173 Å². The van der Waals surface area contributed by atoms with Crippen LogP contribution in [0.2, 0.25) is 0 Å². The van der Waals surface area contributed by atoms with Gasteiger partial charge in [0.25, 0.3) is 0 Å². The van der Waals surface area contributed by atoms with Crippen LogP contribution in [0.5, 0.6) is 0 Å². The molecule has 0 aliphatic rings. The van der Waals surface area contributed by atoms with Gasteiger partial charge in [-0.2, -0.15) is 0 Å². The van der Waals surface area contributed by atoms with Gasteiger partial charge in [0.2, 0.25) is 11.8 Å². The van der Waals surface area contributed by atoms with Crippen molar-refractivity contribution in [1.29, 1.82) is 0 Å². The lowest BCUT2D eigenvalue weighted by Gasteiger charge is -2.16. The lowest BCUT2D eigenvalue weighted by Crippen LogP contribution is -2.39. The first-order chi connectivity index (χ1) is 11.8. The van der Waals surface area contributed by atoms with Gasteiger partial charge in [-0.1, -0.05) is 50.2 Å². The quantitative estimate of drug-likeness (QED) is 0.613. The van der Waals surface area contributed by atoms with Crippen LogP contribution in [-0.4, -0.2) is 30.9 Å². The van der Waals surface area contributed by atoms with Crippen LogP contribution in [0.1, 0.15) is 20.8 Å². The van der Waals surface area contributed by atoms with Crippen molar-refractivity contribution in [3.05, 3.63) is 42.5 Å². The summed E-state index contributed by atoms with van der Waals surface area (Å²) in [4.78, 5) is 22.2. The molecule has 0 fully saturated rings. The molecule has 2 atom stereocenters. The number of benzene rings is 2. The molecule has 2 aromatic carbocycles. The molecule has 0 aromatic heterocycles. The van der Waals surface area contributed by atoms with Crippen LogP contribution in [-0.2, 0) is 9.59 Å². The van der Waals surface area contributed by atoms with Crippen LogP contribution in [0.4, 0.5) is 5.69 Å². The minimum Gasteiger partial charge on any atom is -0.358 e. The molecule has 0 aliphatic heterocycles. The first-order valence-electron chi connectivity index (χ1n) is 8.29. The maximum Gasteiger partial charge on any atom is 0.241 e. The molecule has 0 saturated heterocycles. The van der Waals surface area contributed by atoms with Crippen molar-refractivity contribution >= 4 is 53.1 Å². The second-order valence-electron chi connectivity index (χ2n) is 6.19. The Kier molecular flexibility index (Phi) is 13.5. The third-order valence-electron chi connectivity index (χ3n) is 3.73. The highest BCUT2D eigenvalue weighted by Gasteiger charge is 2.17. The first kappa shape index (κ1) is 27.4. The van der Waals surface area contributed by atoms with Gasteiger partial charge in [-0.3, -0.25) is 9.59 Å². The summed E-state index contributed by atoms with van der Waals surface area (Å²) in [6.45, 7) is 5.51. The van der Waals surface area contributed by atoms with Gasteiger partial charge in [-0.05, 0) is 24.3 Å². The van der Waals surface area contributed by atoms with Gasteiger partial charge in [-0.25, -0.2) is 0 Å². The molecule has 0 spiro atoms. The molecule has 6 nitrogen and oxygen atoms in total. The fraction of sp³-hybridized carbons (Fsp3) is 0.368. The predicted octanol–water partition coefficient (Wildman–Crippen LogP) is 2.68. The second-order valence-corrected chi connectivity index (χ2v) is 6.19. The van der Waals surface area contributed by atoms with E-state index in [0.717, 1.165) is 16.5 Å². The van der Waals surface area contributed by atoms with Crippen LogP contribution < -0.4 is 22.1 Å². The summed E-state index contributed by atoms with van der Waals surface area (Å²) in [6.07, 6.45) is 0. The molecule has 0 unspecified atom stereocenters. The van der Waals surface area contributed by atoms with Crippen molar-refractivity contribution in [2.75, 3.05) is 12.4 Å². The second kappa shape index (κ2) is 13.3. The lowest BCUT2D eigenvalue weighted by atomic mass is 10.0. The number of carbonyl (C=O) groups is 2. The first-order valence-corrected chi connectivity index (χ1v) is 8.29. The van der Waals surface area contributed by atoms with E-state index >= 15 is 0 Å². The summed E-state index contributed by atoms with van der Waals surface area (Å²) >= 11 is 0. The number of nitrogens with one attached hydrogen (secondary N) is 2. The van der Waals surface area contributed by atoms with E-state index in [1.807, 2.05) is 56.3 Å². The minimum absolute atomic E-state index is 0. The third kappa shape index (κ3) is 8.58. The lowest BCUT2D eigenvalue weighted by molar-refractivity contribution is -0.121. The van der Waals surface area contributed by atoms with Gasteiger partial charge in [0.15, 0.2) is 0 Å². The highest BCUT2D eigenvalue weighted by atomic mass is 35.5. The summed E-state index contributed by atoms with van der Waals surface area (Å²) in [5, 5.41) is 7.44. The smallest absolute Gasteiger partial charge is 0.241 e. The van der Waals surface area contributed by atoms with E-state index in [-0.39, 0.29) is 48.6 Å². The van der Waals surface area contributed by atoms with E-state index in [1.165, 1.54) is 0 Å². The Morgan fingerprint density at radius 3 is 1.93 bits per heavy atom. The van der Waals surface area contributed by atoms with Crippen LogP contribution in [0.3, 0.4) is 0 Å². The SMILES string of the molecule is CC(C)[C@@H](N)C(=O)Nc1cccc2ccccc12.CNC(=O)[C@@H](C)N.Cl.Cl. The Balaban J connectivity index is 0. The zero-order valence-corrected chi connectivity index (χ0v) is 17.7. The third-order valence-corrected chi connectivity index (χ3v) is 3.73. The van der Waals surface area contributed by atoms with Crippen LogP contribution in [0.15, 0.2) is 42.5 Å². The predicted molar refractivity (Wildman–Crippen MR) is 118 cm³/mol. The van der Waals surface area contributed by atoms with Gasteiger partial charge in [0.05, 0.1) is 12.1 Å². The van der Waals surface area contributed by atoms with E-state index in [4.69, 9.17) is 11.5 Å². The molecule has 2 amide bonds. The Bertz CT molecular complexity index is 718. The molecule has 0 bridgehead atoms. The average molecular weight is 417 g/mol. The largest absolute Gasteiger partial charge is 0.358 e. The van der Waals surface area contributed by atoms with Crippen LogP contribution in [0.25, 0.3) is 10.8 Å². The molecule has 152 valence electrons. The van der Waals surface area contributed by atoms with Crippen molar-refractivity contribution in [1.82, 2.24) is 5.32 Å². The van der Waals surface area contributed by atoms with Gasteiger partial charge in [0, 0.05) is 18.1 Å². The maximum atomic E-state index is 12.0. The number of halogens is 2. The number of hydrogen-bond donors (Lipinski definition) is 4. The van der Waals surface area contributed by atoms with Crippen molar-refractivity contribution in [3.8, 4) is 0 Å². The van der Waals surface area contributed by atoms with Gasteiger partial charge >= 0.3 is 0 Å². The number of likely N-dealkylation sites (N-methyl/N-ethyl adjacent to an activating group) is 1. The van der Waals surface area contributed by atoms with Crippen molar-refractivity contribution < 1.29 is 9.59 Å². The molecule has 0 radical (unpaired) electrons. The van der Waals surface area contributed by atoms with E-state index in [2.05, 4.69) is 10.6 Å². The summed E-state index contributed by atoms with van der Waals surface area (Å²) in [7, 11) is 1.56. The van der Waals surface area contributed by atoms with Crippen molar-refractivity contribution in [3.63, 3.8) is 0 Å². The molecule has 8 heteroatoms. The molecule has 2 aromatic rings. The molecular formula is C19H30Cl2N4O2. The van der Waals surface area contributed by atoms with E-state index < -0.39 is 6.04 Å². The van der Waals surface area contributed by atoms with Crippen molar-refractivity contribution in [2.24, 2.45) is 17.4 Å². The fourth-order valence-corrected chi connectivity index (χ4v) is 2.08. The van der Waals surface area contributed by atoms with Crippen LogP contribution in [0, 0.1) is 5.92 Å². The monoisotopic (exact) mass is 416 g/mol. The fourth-order valence-electron chi connectivity index (χ4n) is 2.08. The number of hydrogen-bond acceptors (Lipinski definition) is 4. The molecule has 2 rings (SSSR count). The summed E-state index contributed by atoms with van der Waals surface area (Å²) in [6, 6.07) is 12.9. The molecule has 27 heavy (non-hydrogen) atoms. The number of rotatable bonds is 4. The summed E-state index contributed by atoms with van der Waals surface area (Å²) in [5.74, 6) is -0.138. The number of nitrogens with two attached hydrogens (primary N) is 2. The summed E-state index contributed by atoms with van der Waals surface area (Å²) in [5.41, 5.74) is 11.8. The Morgan fingerprint density at radius 2 is 1.44 bits per heavy atom. The number of carbonyl (C=O) groups excluding carboxylic acids is 2. The molecular weight excluding hydrogens is 387 g/mol. The number of anilines is 1. The maximum absolute atomic E-state index is 12.0. The van der Waals surface area contributed by atoms with Gasteiger partial charge in [-0.15, -0.1) is 24.8 Å². The van der Waals surface area contributed by atoms with Gasteiger partial charge < -0.3 is 22.1 Å². The van der Waals surface area contributed by atoms with Crippen LogP contribution >= 0.6 is 24.8 Å². The zero-order chi connectivity index (χ0) is 19.0. The number of amides is 2. The highest BCUT2D eigenvalue weighted by Crippen LogP contribution is 2.23. The minimum atomic E-state index is -0.482. The molecule has 6 N–H and O–H groups in total. The standard InChI is InChI=1S/C15H18N2O.C4H10N2O.2ClH/c1-10(2)14(16)15(18)17-13-9-5-7-11-6-3-4-8-12(11)13;1-3(5)4(7)6-2;;/h3-10,14H,16H2,1-2H3,(H,17,18);3H,5H2,1-2H3,(H,6,7);2*1H/t14-;3-;;/m11../s1. The van der Waals surface area contributed by atoms with E-state index in [0.29, 0.717) is 0 Å². The van der Waals surface area contributed by atoms with E-state index in [1.54, 1.807) is 14.0 Å². The van der Waals surface area contributed by atoms with E-state index in [9.17, 15) is 9.59 Å². The molecule has 0 heterocycles. The molecule has 0 saturated carbocycles. The highest BCUT2D eigenvalue weighted by molar-refractivity contribution is 6.03. The number of fused-ring (bicyclic) bond motifs is 1. The van der Waals surface area contributed by atoms with Crippen molar-refractivity contribution in [2.45, 2.75) is 32.9 Å².